The highest BCUT2D eigenvalue weighted by Crippen LogP contribution is 2.42. The van der Waals surface area contributed by atoms with Crippen LogP contribution in [0.5, 0.6) is 17.2 Å². The summed E-state index contributed by atoms with van der Waals surface area (Å²) < 4.78 is 0. The second-order valence-electron chi connectivity index (χ2n) is 10.1. The van der Waals surface area contributed by atoms with E-state index in [1.54, 1.807) is 12.1 Å². The van der Waals surface area contributed by atoms with Gasteiger partial charge >= 0.3 is 0 Å². The molecule has 3 heteroatoms. The summed E-state index contributed by atoms with van der Waals surface area (Å²) >= 11 is 0. The molecular formula is C31H38O3. The molecule has 3 aromatic rings. The topological polar surface area (TPSA) is 60.7 Å². The van der Waals surface area contributed by atoms with E-state index in [0.29, 0.717) is 17.6 Å². The molecule has 3 N–H and O–H groups in total. The Hall–Kier alpha value is -2.94. The van der Waals surface area contributed by atoms with Gasteiger partial charge in [0.25, 0.3) is 0 Å². The van der Waals surface area contributed by atoms with Crippen LogP contribution < -0.4 is 0 Å². The van der Waals surface area contributed by atoms with Crippen molar-refractivity contribution in [2.24, 2.45) is 0 Å². The first-order valence-corrected chi connectivity index (χ1v) is 12.9. The van der Waals surface area contributed by atoms with Gasteiger partial charge in [-0.25, -0.2) is 0 Å². The van der Waals surface area contributed by atoms with Gasteiger partial charge in [0.2, 0.25) is 0 Å². The molecule has 0 saturated heterocycles. The van der Waals surface area contributed by atoms with Crippen molar-refractivity contribution in [3.05, 3.63) is 77.4 Å². The van der Waals surface area contributed by atoms with E-state index in [-0.39, 0.29) is 11.5 Å². The van der Waals surface area contributed by atoms with Crippen molar-refractivity contribution < 1.29 is 15.3 Å². The van der Waals surface area contributed by atoms with Crippen LogP contribution in [0.3, 0.4) is 0 Å². The average Bonchev–Trinajstić information content (AvgIpc) is 2.86. The minimum absolute atomic E-state index is 0.264. The third kappa shape index (κ3) is 6.14. The fraction of sp³-hybridized carbons (Fsp3) is 0.419. The molecule has 0 radical (unpaired) electrons. The molecule has 0 atom stereocenters. The highest BCUT2D eigenvalue weighted by Gasteiger charge is 2.20. The van der Waals surface area contributed by atoms with Gasteiger partial charge in [-0.15, -0.1) is 0 Å². The maximum absolute atomic E-state index is 10.5. The molecule has 2 saturated carbocycles. The van der Waals surface area contributed by atoms with Crippen LogP contribution in [0.15, 0.2) is 60.7 Å². The lowest BCUT2D eigenvalue weighted by molar-refractivity contribution is 0.440. The second-order valence-corrected chi connectivity index (χ2v) is 10.1. The molecule has 3 aromatic carbocycles. The predicted molar refractivity (Wildman–Crippen MR) is 140 cm³/mol. The largest absolute Gasteiger partial charge is 0.508 e. The molecule has 2 aliphatic carbocycles. The highest BCUT2D eigenvalue weighted by atomic mass is 16.3. The fourth-order valence-corrected chi connectivity index (χ4v) is 5.55. The van der Waals surface area contributed by atoms with E-state index in [0.717, 1.165) is 16.7 Å². The summed E-state index contributed by atoms with van der Waals surface area (Å²) in [5, 5.41) is 29.8. The summed E-state index contributed by atoms with van der Waals surface area (Å²) in [4.78, 5) is 0. The van der Waals surface area contributed by atoms with Gasteiger partial charge in [-0.2, -0.15) is 0 Å². The van der Waals surface area contributed by atoms with Gasteiger partial charge in [-0.05, 0) is 97.5 Å². The monoisotopic (exact) mass is 458 g/mol. The van der Waals surface area contributed by atoms with E-state index in [4.69, 9.17) is 5.11 Å². The van der Waals surface area contributed by atoms with Crippen molar-refractivity contribution >= 4 is 0 Å². The first-order chi connectivity index (χ1) is 16.5. The Morgan fingerprint density at radius 2 is 1.03 bits per heavy atom. The quantitative estimate of drug-likeness (QED) is 0.368. The zero-order valence-corrected chi connectivity index (χ0v) is 20.3. The lowest BCUT2D eigenvalue weighted by Gasteiger charge is -2.24. The molecule has 180 valence electrons. The number of benzene rings is 3. The number of aryl methyl sites for hydroxylation is 1. The van der Waals surface area contributed by atoms with Crippen LogP contribution in [-0.2, 0) is 0 Å². The number of hydrogen-bond acceptors (Lipinski definition) is 3. The van der Waals surface area contributed by atoms with Crippen molar-refractivity contribution in [3.63, 3.8) is 0 Å². The maximum Gasteiger partial charge on any atom is 0.123 e. The molecule has 2 fully saturated rings. The van der Waals surface area contributed by atoms with Gasteiger partial charge < -0.3 is 15.3 Å². The molecule has 0 spiro atoms. The molecule has 0 bridgehead atoms. The Labute approximate surface area is 204 Å². The summed E-state index contributed by atoms with van der Waals surface area (Å²) in [6.07, 6.45) is 12.8. The second kappa shape index (κ2) is 11.5. The maximum atomic E-state index is 10.5. The van der Waals surface area contributed by atoms with Gasteiger partial charge in [-0.3, -0.25) is 0 Å². The molecule has 2 aliphatic rings. The van der Waals surface area contributed by atoms with Crippen LogP contribution in [0.2, 0.25) is 0 Å². The zero-order valence-electron chi connectivity index (χ0n) is 20.3. The third-order valence-electron chi connectivity index (χ3n) is 7.49. The van der Waals surface area contributed by atoms with Gasteiger partial charge in [-0.1, -0.05) is 62.8 Å². The molecule has 3 nitrogen and oxygen atoms in total. The van der Waals surface area contributed by atoms with Crippen LogP contribution in [0, 0.1) is 6.92 Å². The SMILES string of the molecule is Cc1cccc(O)c1.Oc1ccc(C2CCCCC2)cc1-c1cc(C2CCCCC2)ccc1O. The molecule has 0 heterocycles. The molecule has 34 heavy (non-hydrogen) atoms. The van der Waals surface area contributed by atoms with Gasteiger partial charge in [0, 0.05) is 11.1 Å². The number of rotatable bonds is 3. The summed E-state index contributed by atoms with van der Waals surface area (Å²) in [5.74, 6) is 2.05. The highest BCUT2D eigenvalue weighted by molar-refractivity contribution is 5.76. The number of aromatic hydroxyl groups is 3. The number of hydrogen-bond donors (Lipinski definition) is 3. The lowest BCUT2D eigenvalue weighted by Crippen LogP contribution is -2.05. The fourth-order valence-electron chi connectivity index (χ4n) is 5.55. The van der Waals surface area contributed by atoms with Crippen LogP contribution >= 0.6 is 0 Å². The van der Waals surface area contributed by atoms with Crippen LogP contribution in [0.4, 0.5) is 0 Å². The minimum atomic E-state index is 0.264. The van der Waals surface area contributed by atoms with E-state index >= 15 is 0 Å². The Morgan fingerprint density at radius 1 is 0.559 bits per heavy atom. The van der Waals surface area contributed by atoms with E-state index in [1.165, 1.54) is 75.3 Å². The third-order valence-corrected chi connectivity index (χ3v) is 7.49. The van der Waals surface area contributed by atoms with E-state index in [2.05, 4.69) is 24.3 Å². The average molecular weight is 459 g/mol. The van der Waals surface area contributed by atoms with Crippen LogP contribution in [-0.4, -0.2) is 15.3 Å². The van der Waals surface area contributed by atoms with Crippen molar-refractivity contribution in [3.8, 4) is 28.4 Å². The number of phenolic OH excluding ortho intramolecular Hbond substituents is 3. The van der Waals surface area contributed by atoms with Crippen LogP contribution in [0.25, 0.3) is 11.1 Å². The van der Waals surface area contributed by atoms with E-state index in [9.17, 15) is 10.2 Å². The Bertz CT molecular complexity index is 993. The van der Waals surface area contributed by atoms with E-state index in [1.807, 2.05) is 31.2 Å². The number of phenols is 3. The smallest absolute Gasteiger partial charge is 0.123 e. The van der Waals surface area contributed by atoms with Gasteiger partial charge in [0.15, 0.2) is 0 Å². The van der Waals surface area contributed by atoms with Crippen LogP contribution in [0.1, 0.15) is 92.7 Å². The van der Waals surface area contributed by atoms with Crippen molar-refractivity contribution in [1.29, 1.82) is 0 Å². The van der Waals surface area contributed by atoms with Gasteiger partial charge in [0.1, 0.15) is 17.2 Å². The Balaban J connectivity index is 0.000000291. The summed E-state index contributed by atoms with van der Waals surface area (Å²) in [6.45, 7) is 1.94. The lowest BCUT2D eigenvalue weighted by atomic mass is 9.81. The Morgan fingerprint density at radius 3 is 1.41 bits per heavy atom. The van der Waals surface area contributed by atoms with Crippen molar-refractivity contribution in [1.82, 2.24) is 0 Å². The predicted octanol–water partition coefficient (Wildman–Crippen LogP) is 8.56. The normalized spacial score (nSPS) is 17.1. The first-order valence-electron chi connectivity index (χ1n) is 12.9. The molecule has 0 aliphatic heterocycles. The summed E-state index contributed by atoms with van der Waals surface area (Å²) in [5.41, 5.74) is 5.26. The molecule has 0 amide bonds. The summed E-state index contributed by atoms with van der Waals surface area (Å²) in [7, 11) is 0. The molecule has 0 aromatic heterocycles. The minimum Gasteiger partial charge on any atom is -0.508 e. The van der Waals surface area contributed by atoms with Gasteiger partial charge in [0.05, 0.1) is 0 Å². The van der Waals surface area contributed by atoms with E-state index < -0.39 is 0 Å². The molecular weight excluding hydrogens is 420 g/mol. The molecule has 0 unspecified atom stereocenters. The standard InChI is InChI=1S/C24H30O2.C7H8O/c25-23-13-11-19(17-7-3-1-4-8-17)15-21(23)22-16-20(12-14-24(22)26)18-9-5-2-6-10-18;1-6-3-2-4-7(8)5-6/h11-18,25-26H,1-10H2;2-5,8H,1H3. The summed E-state index contributed by atoms with van der Waals surface area (Å²) in [6, 6.07) is 19.1. The molecule has 5 rings (SSSR count). The van der Waals surface area contributed by atoms with Crippen molar-refractivity contribution in [2.45, 2.75) is 83.0 Å². The van der Waals surface area contributed by atoms with Crippen molar-refractivity contribution in [2.75, 3.05) is 0 Å². The Kier molecular flexibility index (Phi) is 8.16. The zero-order chi connectivity index (χ0) is 23.9. The first kappa shape index (κ1) is 24.2.